The highest BCUT2D eigenvalue weighted by molar-refractivity contribution is 6.04. The van der Waals surface area contributed by atoms with Crippen molar-refractivity contribution in [2.75, 3.05) is 18.5 Å². The van der Waals surface area contributed by atoms with Crippen LogP contribution in [-0.2, 0) is 0 Å². The molecule has 154 valence electrons. The minimum absolute atomic E-state index is 0.170. The highest BCUT2D eigenvalue weighted by Gasteiger charge is 2.13. The smallest absolute Gasteiger partial charge is 0.255 e. The molecule has 1 fully saturated rings. The van der Waals surface area contributed by atoms with Crippen LogP contribution in [-0.4, -0.2) is 19.1 Å². The van der Waals surface area contributed by atoms with Gasteiger partial charge in [-0.3, -0.25) is 4.79 Å². The Morgan fingerprint density at radius 2 is 1.79 bits per heavy atom. The minimum Gasteiger partial charge on any atom is -0.494 e. The standard InChI is InChI=1S/C25H31NO3/c1-19(2)18-29-24-10-6-9-21(17-24)25(27)26-22-11-13-23(14-12-22)28-16-15-20-7-4-3-5-8-20/h6,9-14,17,20H,1,3-5,7-8,15-16,18H2,2H3,(H,26,27). The van der Waals surface area contributed by atoms with Gasteiger partial charge in [0, 0.05) is 11.3 Å². The van der Waals surface area contributed by atoms with Gasteiger partial charge in [-0.25, -0.2) is 0 Å². The molecular weight excluding hydrogens is 362 g/mol. The first-order valence-electron chi connectivity index (χ1n) is 10.5. The predicted molar refractivity (Wildman–Crippen MR) is 118 cm³/mol. The van der Waals surface area contributed by atoms with Crippen molar-refractivity contribution in [2.45, 2.75) is 45.4 Å². The van der Waals surface area contributed by atoms with Crippen molar-refractivity contribution in [3.63, 3.8) is 0 Å². The molecule has 4 nitrogen and oxygen atoms in total. The number of nitrogens with one attached hydrogen (secondary N) is 1. The number of carbonyl (C=O) groups is 1. The van der Waals surface area contributed by atoms with Crippen LogP contribution in [0.4, 0.5) is 5.69 Å². The average molecular weight is 394 g/mol. The molecule has 0 aliphatic heterocycles. The third kappa shape index (κ3) is 6.97. The molecule has 1 aliphatic carbocycles. The maximum atomic E-state index is 12.5. The Balaban J connectivity index is 1.48. The zero-order chi connectivity index (χ0) is 20.5. The molecule has 2 aromatic carbocycles. The first kappa shape index (κ1) is 21.0. The molecule has 0 radical (unpaired) electrons. The maximum Gasteiger partial charge on any atom is 0.255 e. The lowest BCUT2D eigenvalue weighted by atomic mass is 9.87. The summed E-state index contributed by atoms with van der Waals surface area (Å²) in [4.78, 5) is 12.5. The largest absolute Gasteiger partial charge is 0.494 e. The summed E-state index contributed by atoms with van der Waals surface area (Å²) in [5, 5.41) is 2.92. The van der Waals surface area contributed by atoms with E-state index < -0.39 is 0 Å². The van der Waals surface area contributed by atoms with Crippen LogP contribution in [0.25, 0.3) is 0 Å². The predicted octanol–water partition coefficient (Wildman–Crippen LogP) is 6.24. The van der Waals surface area contributed by atoms with Crippen LogP contribution in [0.1, 0.15) is 55.8 Å². The Morgan fingerprint density at radius 1 is 1.03 bits per heavy atom. The number of benzene rings is 2. The summed E-state index contributed by atoms with van der Waals surface area (Å²) < 4.78 is 11.5. The molecule has 0 saturated heterocycles. The van der Waals surface area contributed by atoms with Crippen molar-refractivity contribution < 1.29 is 14.3 Å². The molecule has 0 aromatic heterocycles. The van der Waals surface area contributed by atoms with E-state index in [4.69, 9.17) is 9.47 Å². The number of anilines is 1. The molecule has 1 aliphatic rings. The van der Waals surface area contributed by atoms with Crippen molar-refractivity contribution >= 4 is 11.6 Å². The zero-order valence-corrected chi connectivity index (χ0v) is 17.3. The second-order valence-corrected chi connectivity index (χ2v) is 7.89. The van der Waals surface area contributed by atoms with Gasteiger partial charge in [0.1, 0.15) is 18.1 Å². The summed E-state index contributed by atoms with van der Waals surface area (Å²) >= 11 is 0. The summed E-state index contributed by atoms with van der Waals surface area (Å²) in [5.41, 5.74) is 2.22. The van der Waals surface area contributed by atoms with Gasteiger partial charge in [-0.2, -0.15) is 0 Å². The molecule has 0 atom stereocenters. The minimum atomic E-state index is -0.170. The van der Waals surface area contributed by atoms with Gasteiger partial charge in [0.2, 0.25) is 0 Å². The van der Waals surface area contributed by atoms with E-state index >= 15 is 0 Å². The van der Waals surface area contributed by atoms with Crippen LogP contribution >= 0.6 is 0 Å². The normalized spacial score (nSPS) is 14.2. The fourth-order valence-corrected chi connectivity index (χ4v) is 3.59. The van der Waals surface area contributed by atoms with Gasteiger partial charge in [0.05, 0.1) is 6.61 Å². The van der Waals surface area contributed by atoms with Crippen molar-refractivity contribution in [3.8, 4) is 11.5 Å². The number of hydrogen-bond donors (Lipinski definition) is 1. The lowest BCUT2D eigenvalue weighted by Gasteiger charge is -2.21. The average Bonchev–Trinajstić information content (AvgIpc) is 2.74. The molecule has 1 saturated carbocycles. The van der Waals surface area contributed by atoms with E-state index in [0.717, 1.165) is 36.0 Å². The molecule has 3 rings (SSSR count). The lowest BCUT2D eigenvalue weighted by molar-refractivity contribution is 0.102. The number of rotatable bonds is 9. The number of amides is 1. The monoisotopic (exact) mass is 393 g/mol. The summed E-state index contributed by atoms with van der Waals surface area (Å²) in [6, 6.07) is 14.7. The summed E-state index contributed by atoms with van der Waals surface area (Å²) in [7, 11) is 0. The van der Waals surface area contributed by atoms with Crippen LogP contribution in [0.5, 0.6) is 11.5 Å². The van der Waals surface area contributed by atoms with Crippen molar-refractivity contribution in [1.29, 1.82) is 0 Å². The molecule has 0 spiro atoms. The van der Waals surface area contributed by atoms with Gasteiger partial charge >= 0.3 is 0 Å². The van der Waals surface area contributed by atoms with Crippen LogP contribution < -0.4 is 14.8 Å². The van der Waals surface area contributed by atoms with Crippen molar-refractivity contribution in [1.82, 2.24) is 0 Å². The molecule has 4 heteroatoms. The maximum absolute atomic E-state index is 12.5. The number of carbonyl (C=O) groups excluding carboxylic acids is 1. The molecular formula is C25H31NO3. The van der Waals surface area contributed by atoms with Crippen LogP contribution in [0, 0.1) is 5.92 Å². The molecule has 1 amide bonds. The first-order chi connectivity index (χ1) is 14.1. The van der Waals surface area contributed by atoms with Crippen LogP contribution in [0.3, 0.4) is 0 Å². The molecule has 1 N–H and O–H groups in total. The SMILES string of the molecule is C=C(C)COc1cccc(C(=O)Nc2ccc(OCCC3CCCCC3)cc2)c1. The Bertz CT molecular complexity index is 807. The third-order valence-corrected chi connectivity index (χ3v) is 5.21. The van der Waals surface area contributed by atoms with Crippen molar-refractivity contribution in [3.05, 3.63) is 66.2 Å². The van der Waals surface area contributed by atoms with E-state index in [1.54, 1.807) is 12.1 Å². The van der Waals surface area contributed by atoms with E-state index in [1.165, 1.54) is 32.1 Å². The van der Waals surface area contributed by atoms with Crippen LogP contribution in [0.2, 0.25) is 0 Å². The van der Waals surface area contributed by atoms with Crippen molar-refractivity contribution in [2.24, 2.45) is 5.92 Å². The summed E-state index contributed by atoms with van der Waals surface area (Å²) in [5.74, 6) is 2.14. The van der Waals surface area contributed by atoms with Gasteiger partial charge in [-0.1, -0.05) is 44.7 Å². The second-order valence-electron chi connectivity index (χ2n) is 7.89. The number of hydrogen-bond acceptors (Lipinski definition) is 3. The van der Waals surface area contributed by atoms with E-state index in [1.807, 2.05) is 43.3 Å². The topological polar surface area (TPSA) is 47.6 Å². The van der Waals surface area contributed by atoms with Gasteiger partial charge in [0.25, 0.3) is 5.91 Å². The first-order valence-corrected chi connectivity index (χ1v) is 10.5. The quantitative estimate of drug-likeness (QED) is 0.513. The fraction of sp³-hybridized carbons (Fsp3) is 0.400. The van der Waals surface area contributed by atoms with E-state index in [2.05, 4.69) is 11.9 Å². The Labute approximate surface area is 173 Å². The van der Waals surface area contributed by atoms with E-state index in [0.29, 0.717) is 17.9 Å². The van der Waals surface area contributed by atoms with Gasteiger partial charge in [0.15, 0.2) is 0 Å². The van der Waals surface area contributed by atoms with Gasteiger partial charge in [-0.05, 0) is 67.3 Å². The molecule has 29 heavy (non-hydrogen) atoms. The van der Waals surface area contributed by atoms with E-state index in [9.17, 15) is 4.79 Å². The number of ether oxygens (including phenoxy) is 2. The fourth-order valence-electron chi connectivity index (χ4n) is 3.59. The molecule has 0 bridgehead atoms. The van der Waals surface area contributed by atoms with E-state index in [-0.39, 0.29) is 5.91 Å². The Kier molecular flexibility index (Phi) is 7.74. The zero-order valence-electron chi connectivity index (χ0n) is 17.3. The Hall–Kier alpha value is -2.75. The third-order valence-electron chi connectivity index (χ3n) is 5.21. The molecule has 0 unspecified atom stereocenters. The lowest BCUT2D eigenvalue weighted by Crippen LogP contribution is -2.12. The highest BCUT2D eigenvalue weighted by atomic mass is 16.5. The molecule has 0 heterocycles. The second kappa shape index (κ2) is 10.7. The summed E-state index contributed by atoms with van der Waals surface area (Å²) in [6.45, 7) is 6.92. The molecule has 2 aromatic rings. The Morgan fingerprint density at radius 3 is 2.52 bits per heavy atom. The van der Waals surface area contributed by atoms with Crippen LogP contribution in [0.15, 0.2) is 60.7 Å². The summed E-state index contributed by atoms with van der Waals surface area (Å²) in [6.07, 6.45) is 7.92. The van der Waals surface area contributed by atoms with Gasteiger partial charge in [-0.15, -0.1) is 0 Å². The van der Waals surface area contributed by atoms with Gasteiger partial charge < -0.3 is 14.8 Å². The highest BCUT2D eigenvalue weighted by Crippen LogP contribution is 2.26.